The molecule has 0 bridgehead atoms. The zero-order chi connectivity index (χ0) is 10.6. The van der Waals surface area contributed by atoms with Gasteiger partial charge in [0.2, 0.25) is 0 Å². The lowest BCUT2D eigenvalue weighted by atomic mass is 10.2. The summed E-state index contributed by atoms with van der Waals surface area (Å²) in [6.45, 7) is 2.67. The van der Waals surface area contributed by atoms with Crippen LogP contribution in [-0.4, -0.2) is 29.3 Å². The molecule has 2 N–H and O–H groups in total. The van der Waals surface area contributed by atoms with Crippen LogP contribution in [0.4, 0.5) is 0 Å². The van der Waals surface area contributed by atoms with E-state index < -0.39 is 21.3 Å². The lowest BCUT2D eigenvalue weighted by molar-refractivity contribution is -0.132. The van der Waals surface area contributed by atoms with Crippen LogP contribution < -0.4 is 0 Å². The van der Waals surface area contributed by atoms with Crippen molar-refractivity contribution in [3.63, 3.8) is 0 Å². The molecule has 13 heavy (non-hydrogen) atoms. The van der Waals surface area contributed by atoms with E-state index in [-0.39, 0.29) is 12.0 Å². The average Bonchev–Trinajstić information content (AvgIpc) is 1.97. The van der Waals surface area contributed by atoms with Gasteiger partial charge in [-0.2, -0.15) is 8.42 Å². The lowest BCUT2D eigenvalue weighted by Gasteiger charge is -2.03. The molecule has 0 saturated heterocycles. The van der Waals surface area contributed by atoms with Gasteiger partial charge < -0.3 is 5.11 Å². The topological polar surface area (TPSA) is 91.7 Å². The summed E-state index contributed by atoms with van der Waals surface area (Å²) in [5, 5.41) is 7.45. The maximum absolute atomic E-state index is 10.5. The summed E-state index contributed by atoms with van der Waals surface area (Å²) in [4.78, 5) is 10.3. The van der Waals surface area contributed by atoms with Crippen molar-refractivity contribution in [3.05, 3.63) is 11.6 Å². The van der Waals surface area contributed by atoms with E-state index in [1.165, 1.54) is 19.9 Å². The Labute approximate surface area is 76.8 Å². The standard InChI is InChI=1S/C7H12O5S/c1-5(7(8)9)3-4-6(2)13(10,11)12/h3,6H,4H2,1-2H3,(H,8,9)(H,10,11,12)/b5-3+. The van der Waals surface area contributed by atoms with Crippen LogP contribution in [0.3, 0.4) is 0 Å². The first-order chi connectivity index (χ1) is 5.75. The molecule has 0 heterocycles. The Hall–Kier alpha value is -0.880. The van der Waals surface area contributed by atoms with Crippen LogP contribution in [0.25, 0.3) is 0 Å². The fraction of sp³-hybridized carbons (Fsp3) is 0.571. The quantitative estimate of drug-likeness (QED) is 0.523. The van der Waals surface area contributed by atoms with E-state index in [0.29, 0.717) is 0 Å². The third-order valence-electron chi connectivity index (χ3n) is 1.60. The summed E-state index contributed by atoms with van der Waals surface area (Å²) in [5.41, 5.74) is 0.0653. The van der Waals surface area contributed by atoms with Crippen molar-refractivity contribution in [2.24, 2.45) is 0 Å². The average molecular weight is 208 g/mol. The summed E-state index contributed by atoms with van der Waals surface area (Å²) in [6.07, 6.45) is 1.26. The number of rotatable bonds is 4. The van der Waals surface area contributed by atoms with Crippen molar-refractivity contribution < 1.29 is 22.9 Å². The van der Waals surface area contributed by atoms with E-state index in [2.05, 4.69) is 0 Å². The molecule has 0 aliphatic heterocycles. The van der Waals surface area contributed by atoms with Gasteiger partial charge >= 0.3 is 5.97 Å². The van der Waals surface area contributed by atoms with E-state index in [4.69, 9.17) is 9.66 Å². The van der Waals surface area contributed by atoms with Crippen LogP contribution in [-0.2, 0) is 14.9 Å². The van der Waals surface area contributed by atoms with Gasteiger partial charge in [-0.05, 0) is 20.3 Å². The third kappa shape index (κ3) is 4.64. The SMILES string of the molecule is C/C(=C\CC(C)S(=O)(=O)O)C(=O)O. The number of allylic oxidation sites excluding steroid dienone is 1. The molecule has 0 radical (unpaired) electrons. The Morgan fingerprint density at radius 3 is 2.31 bits per heavy atom. The fourth-order valence-electron chi connectivity index (χ4n) is 0.552. The van der Waals surface area contributed by atoms with Crippen LogP contribution in [0.1, 0.15) is 20.3 Å². The predicted molar refractivity (Wildman–Crippen MR) is 47.0 cm³/mol. The molecule has 0 aliphatic rings. The van der Waals surface area contributed by atoms with Gasteiger partial charge in [0.25, 0.3) is 10.1 Å². The van der Waals surface area contributed by atoms with Crippen LogP contribution in [0.5, 0.6) is 0 Å². The second kappa shape index (κ2) is 4.38. The number of carboxylic acid groups (broad SMARTS) is 1. The fourth-order valence-corrected chi connectivity index (χ4v) is 0.891. The molecule has 5 nitrogen and oxygen atoms in total. The van der Waals surface area contributed by atoms with Crippen molar-refractivity contribution in [2.75, 3.05) is 0 Å². The molecule has 6 heteroatoms. The Morgan fingerprint density at radius 2 is 2.00 bits per heavy atom. The molecule has 0 saturated carbocycles. The van der Waals surface area contributed by atoms with Gasteiger partial charge in [0.1, 0.15) is 0 Å². The van der Waals surface area contributed by atoms with Crippen molar-refractivity contribution >= 4 is 16.1 Å². The van der Waals surface area contributed by atoms with Crippen LogP contribution >= 0.6 is 0 Å². The molecular weight excluding hydrogens is 196 g/mol. The Bertz CT molecular complexity index is 314. The lowest BCUT2D eigenvalue weighted by Crippen LogP contribution is -2.15. The van der Waals surface area contributed by atoms with Crippen molar-refractivity contribution in [2.45, 2.75) is 25.5 Å². The first-order valence-corrected chi connectivity index (χ1v) is 5.12. The molecule has 76 valence electrons. The number of hydrogen-bond acceptors (Lipinski definition) is 3. The number of carbonyl (C=O) groups is 1. The third-order valence-corrected chi connectivity index (χ3v) is 2.81. The summed E-state index contributed by atoms with van der Waals surface area (Å²) < 4.78 is 29.5. The largest absolute Gasteiger partial charge is 0.478 e. The molecule has 0 spiro atoms. The molecule has 0 amide bonds. The second-order valence-corrected chi connectivity index (χ2v) is 4.59. The smallest absolute Gasteiger partial charge is 0.330 e. The van der Waals surface area contributed by atoms with Gasteiger partial charge in [-0.15, -0.1) is 0 Å². The highest BCUT2D eigenvalue weighted by Gasteiger charge is 2.15. The number of aliphatic carboxylic acids is 1. The summed E-state index contributed by atoms with van der Waals surface area (Å²) in [6, 6.07) is 0. The monoisotopic (exact) mass is 208 g/mol. The second-order valence-electron chi connectivity index (χ2n) is 2.75. The zero-order valence-corrected chi connectivity index (χ0v) is 8.21. The normalized spacial score (nSPS) is 15.5. The summed E-state index contributed by atoms with van der Waals surface area (Å²) >= 11 is 0. The minimum atomic E-state index is -4.06. The minimum absolute atomic E-state index is 0.00301. The van der Waals surface area contributed by atoms with Crippen molar-refractivity contribution in [3.8, 4) is 0 Å². The van der Waals surface area contributed by atoms with Gasteiger partial charge in [0, 0.05) is 5.57 Å². The van der Waals surface area contributed by atoms with Crippen molar-refractivity contribution in [1.29, 1.82) is 0 Å². The van der Waals surface area contributed by atoms with E-state index in [1.807, 2.05) is 0 Å². The molecule has 1 unspecified atom stereocenters. The van der Waals surface area contributed by atoms with Gasteiger partial charge in [0.05, 0.1) is 5.25 Å². The Morgan fingerprint density at radius 1 is 1.54 bits per heavy atom. The van der Waals surface area contributed by atoms with Crippen LogP contribution in [0.2, 0.25) is 0 Å². The van der Waals surface area contributed by atoms with E-state index in [9.17, 15) is 13.2 Å². The number of hydrogen-bond donors (Lipinski definition) is 2. The molecular formula is C7H12O5S. The molecule has 0 aliphatic carbocycles. The first-order valence-electron chi connectivity index (χ1n) is 3.61. The highest BCUT2D eigenvalue weighted by atomic mass is 32.2. The van der Waals surface area contributed by atoms with E-state index in [1.54, 1.807) is 0 Å². The van der Waals surface area contributed by atoms with Crippen LogP contribution in [0.15, 0.2) is 11.6 Å². The highest BCUT2D eigenvalue weighted by molar-refractivity contribution is 7.86. The van der Waals surface area contributed by atoms with E-state index in [0.717, 1.165) is 0 Å². The van der Waals surface area contributed by atoms with Crippen molar-refractivity contribution in [1.82, 2.24) is 0 Å². The molecule has 0 rings (SSSR count). The molecule has 1 atom stereocenters. The zero-order valence-electron chi connectivity index (χ0n) is 7.39. The molecule has 0 fully saturated rings. The molecule has 0 aromatic heterocycles. The van der Waals surface area contributed by atoms with E-state index >= 15 is 0 Å². The first kappa shape index (κ1) is 12.1. The van der Waals surface area contributed by atoms with Gasteiger partial charge in [-0.3, -0.25) is 4.55 Å². The van der Waals surface area contributed by atoms with Gasteiger partial charge in [-0.25, -0.2) is 4.79 Å². The predicted octanol–water partition coefficient (Wildman–Crippen LogP) is 0.684. The molecule has 0 aromatic rings. The van der Waals surface area contributed by atoms with Crippen LogP contribution in [0, 0.1) is 0 Å². The summed E-state index contributed by atoms with van der Waals surface area (Å²) in [7, 11) is -4.06. The highest BCUT2D eigenvalue weighted by Crippen LogP contribution is 2.06. The maximum atomic E-state index is 10.5. The maximum Gasteiger partial charge on any atom is 0.330 e. The summed E-state index contributed by atoms with van der Waals surface area (Å²) in [5.74, 6) is -1.09. The number of carboxylic acids is 1. The Balaban J connectivity index is 4.34. The van der Waals surface area contributed by atoms with Gasteiger partial charge in [-0.1, -0.05) is 6.08 Å². The minimum Gasteiger partial charge on any atom is -0.478 e. The molecule has 0 aromatic carbocycles. The Kier molecular flexibility index (Phi) is 4.09. The van der Waals surface area contributed by atoms with Gasteiger partial charge in [0.15, 0.2) is 0 Å².